The summed E-state index contributed by atoms with van der Waals surface area (Å²) in [6.45, 7) is 0. The molecule has 0 fully saturated rings. The summed E-state index contributed by atoms with van der Waals surface area (Å²) in [5.41, 5.74) is 12.7. The van der Waals surface area contributed by atoms with Crippen LogP contribution in [0.15, 0.2) is 185 Å². The zero-order valence-corrected chi connectivity index (χ0v) is 28.9. The molecule has 0 saturated heterocycles. The maximum atomic E-state index is 6.52. The van der Waals surface area contributed by atoms with Crippen LogP contribution in [0.5, 0.6) is 0 Å². The summed E-state index contributed by atoms with van der Waals surface area (Å²) in [5, 5.41) is 5.41. The van der Waals surface area contributed by atoms with Crippen molar-refractivity contribution in [3.05, 3.63) is 176 Å². The van der Waals surface area contributed by atoms with Gasteiger partial charge in [0, 0.05) is 49.2 Å². The molecular weight excluding hydrogens is 663 g/mol. The highest BCUT2D eigenvalue weighted by Gasteiger charge is 2.19. The number of benzene rings is 7. The maximum absolute atomic E-state index is 6.52. The Morgan fingerprint density at radius 2 is 0.926 bits per heavy atom. The number of rotatable bonds is 5. The van der Waals surface area contributed by atoms with Gasteiger partial charge in [-0.2, -0.15) is 0 Å². The van der Waals surface area contributed by atoms with Crippen molar-refractivity contribution in [1.82, 2.24) is 15.0 Å². The van der Waals surface area contributed by atoms with Crippen molar-refractivity contribution in [2.45, 2.75) is 0 Å². The van der Waals surface area contributed by atoms with Crippen molar-refractivity contribution in [1.29, 1.82) is 0 Å². The van der Waals surface area contributed by atoms with E-state index in [0.717, 1.165) is 105 Å². The van der Waals surface area contributed by atoms with Crippen molar-refractivity contribution in [2.75, 3.05) is 0 Å². The average molecular weight is 692 g/mol. The van der Waals surface area contributed by atoms with Crippen molar-refractivity contribution < 1.29 is 8.83 Å². The van der Waals surface area contributed by atoms with Gasteiger partial charge >= 0.3 is 0 Å². The van der Waals surface area contributed by atoms with E-state index in [1.165, 1.54) is 0 Å². The van der Waals surface area contributed by atoms with E-state index in [4.69, 9.17) is 23.8 Å². The first kappa shape index (κ1) is 30.3. The van der Waals surface area contributed by atoms with Crippen molar-refractivity contribution in [3.63, 3.8) is 0 Å². The molecule has 0 spiro atoms. The van der Waals surface area contributed by atoms with Gasteiger partial charge in [0.05, 0.1) is 16.9 Å². The lowest BCUT2D eigenvalue weighted by atomic mass is 9.97. The van der Waals surface area contributed by atoms with E-state index >= 15 is 0 Å². The largest absolute Gasteiger partial charge is 0.455 e. The molecule has 54 heavy (non-hydrogen) atoms. The number of pyridine rings is 1. The summed E-state index contributed by atoms with van der Waals surface area (Å²) >= 11 is 0. The Bertz CT molecular complexity index is 3230. The zero-order valence-electron chi connectivity index (χ0n) is 28.9. The Morgan fingerprint density at radius 1 is 0.352 bits per heavy atom. The number of fused-ring (bicyclic) bond motifs is 8. The average Bonchev–Trinajstić information content (AvgIpc) is 3.83. The van der Waals surface area contributed by atoms with E-state index in [9.17, 15) is 0 Å². The molecule has 0 unspecified atom stereocenters. The molecule has 0 saturated carbocycles. The van der Waals surface area contributed by atoms with Crippen LogP contribution < -0.4 is 0 Å². The van der Waals surface area contributed by atoms with Crippen LogP contribution in [-0.2, 0) is 0 Å². The molecule has 11 aromatic rings. The molecule has 0 radical (unpaired) electrons. The van der Waals surface area contributed by atoms with Crippen LogP contribution in [-0.4, -0.2) is 15.0 Å². The van der Waals surface area contributed by atoms with Gasteiger partial charge in [-0.25, -0.2) is 15.0 Å². The van der Waals surface area contributed by atoms with Crippen LogP contribution in [0.1, 0.15) is 0 Å². The fraction of sp³-hybridized carbons (Fsp3) is 0. The zero-order chi connectivity index (χ0) is 35.6. The van der Waals surface area contributed by atoms with E-state index in [2.05, 4.69) is 109 Å². The topological polar surface area (TPSA) is 65.0 Å². The van der Waals surface area contributed by atoms with E-state index in [1.54, 1.807) is 0 Å². The predicted octanol–water partition coefficient (Wildman–Crippen LogP) is 13.2. The highest BCUT2D eigenvalue weighted by atomic mass is 16.3. The lowest BCUT2D eigenvalue weighted by Crippen LogP contribution is -1.96. The van der Waals surface area contributed by atoms with Crippen LogP contribution in [0, 0.1) is 0 Å². The third kappa shape index (κ3) is 4.90. The Hall–Kier alpha value is -7.37. The molecule has 0 aliphatic heterocycles. The van der Waals surface area contributed by atoms with E-state index < -0.39 is 0 Å². The molecule has 11 rings (SSSR count). The number of hydrogen-bond donors (Lipinski definition) is 0. The van der Waals surface area contributed by atoms with Gasteiger partial charge in [-0.1, -0.05) is 133 Å². The molecule has 0 N–H and O–H groups in total. The maximum Gasteiger partial charge on any atom is 0.162 e. The summed E-state index contributed by atoms with van der Waals surface area (Å²) in [4.78, 5) is 15.4. The van der Waals surface area contributed by atoms with Crippen LogP contribution in [0.3, 0.4) is 0 Å². The Morgan fingerprint density at radius 3 is 1.76 bits per heavy atom. The number of nitrogens with zero attached hydrogens (tertiary/aromatic N) is 3. The molecule has 7 aromatic carbocycles. The minimum Gasteiger partial charge on any atom is -0.455 e. The van der Waals surface area contributed by atoms with Gasteiger partial charge < -0.3 is 8.83 Å². The van der Waals surface area contributed by atoms with Crippen LogP contribution in [0.25, 0.3) is 111 Å². The summed E-state index contributed by atoms with van der Waals surface area (Å²) in [7, 11) is 0. The highest BCUT2D eigenvalue weighted by molar-refractivity contribution is 6.20. The van der Waals surface area contributed by atoms with Crippen molar-refractivity contribution in [3.8, 4) is 56.3 Å². The quantitative estimate of drug-likeness (QED) is 0.180. The Labute approximate surface area is 309 Å². The molecule has 0 amide bonds. The summed E-state index contributed by atoms with van der Waals surface area (Å²) < 4.78 is 13.0. The first-order chi connectivity index (χ1) is 26.7. The molecular formula is C49H29N3O2. The molecule has 0 aliphatic rings. The summed E-state index contributed by atoms with van der Waals surface area (Å²) in [6.07, 6.45) is 0. The lowest BCUT2D eigenvalue weighted by Gasteiger charge is -2.12. The third-order valence-corrected chi connectivity index (χ3v) is 10.3. The SMILES string of the molecule is c1ccc(-c2nc(-c3cccc(-c4cccc(-c5nc6ccccc6c6c5oc5ccccc56)c4)c3)cc(-c3cccc4c3oc3ccccc34)n2)cc1. The molecule has 5 nitrogen and oxygen atoms in total. The van der Waals surface area contributed by atoms with Crippen LogP contribution in [0.2, 0.25) is 0 Å². The number of furan rings is 2. The van der Waals surface area contributed by atoms with Crippen LogP contribution >= 0.6 is 0 Å². The van der Waals surface area contributed by atoms with Crippen LogP contribution in [0.4, 0.5) is 0 Å². The fourth-order valence-electron chi connectivity index (χ4n) is 7.73. The minimum absolute atomic E-state index is 0.654. The van der Waals surface area contributed by atoms with E-state index in [0.29, 0.717) is 5.82 Å². The van der Waals surface area contributed by atoms with Gasteiger partial charge in [-0.15, -0.1) is 0 Å². The number of aromatic nitrogens is 3. The molecule has 0 bridgehead atoms. The second kappa shape index (κ2) is 12.1. The van der Waals surface area contributed by atoms with Gasteiger partial charge in [0.25, 0.3) is 0 Å². The van der Waals surface area contributed by atoms with Crippen molar-refractivity contribution >= 4 is 54.8 Å². The van der Waals surface area contributed by atoms with Gasteiger partial charge in [-0.3, -0.25) is 0 Å². The lowest BCUT2D eigenvalue weighted by molar-refractivity contribution is 0.668. The van der Waals surface area contributed by atoms with Gasteiger partial charge in [0.2, 0.25) is 0 Å². The monoisotopic (exact) mass is 691 g/mol. The second-order valence-corrected chi connectivity index (χ2v) is 13.6. The van der Waals surface area contributed by atoms with Gasteiger partial charge in [0.1, 0.15) is 22.4 Å². The second-order valence-electron chi connectivity index (χ2n) is 13.6. The first-order valence-corrected chi connectivity index (χ1v) is 18.0. The highest BCUT2D eigenvalue weighted by Crippen LogP contribution is 2.41. The molecule has 252 valence electrons. The smallest absolute Gasteiger partial charge is 0.162 e. The Kier molecular flexibility index (Phi) is 6.79. The van der Waals surface area contributed by atoms with E-state index in [-0.39, 0.29) is 0 Å². The molecule has 4 heterocycles. The van der Waals surface area contributed by atoms with Crippen molar-refractivity contribution in [2.24, 2.45) is 0 Å². The van der Waals surface area contributed by atoms with E-state index in [1.807, 2.05) is 66.7 Å². The van der Waals surface area contributed by atoms with Gasteiger partial charge in [0.15, 0.2) is 11.4 Å². The van der Waals surface area contributed by atoms with Gasteiger partial charge in [-0.05, 0) is 53.6 Å². The molecule has 0 aliphatic carbocycles. The summed E-state index contributed by atoms with van der Waals surface area (Å²) in [6, 6.07) is 60.2. The normalized spacial score (nSPS) is 11.7. The number of hydrogen-bond acceptors (Lipinski definition) is 5. The minimum atomic E-state index is 0.654. The molecule has 0 atom stereocenters. The first-order valence-electron chi connectivity index (χ1n) is 18.0. The third-order valence-electron chi connectivity index (χ3n) is 10.3. The Balaban J connectivity index is 1.06. The fourth-order valence-corrected chi connectivity index (χ4v) is 7.73. The molecule has 4 aromatic heterocycles. The number of para-hydroxylation sites is 4. The molecule has 5 heteroatoms. The standard InChI is InChI=1S/C49H29N3O2/c1-2-13-30(14-3-1)49-51-41(29-42(52-49)38-23-12-22-36-35-19-5-8-25-43(35)53-47(36)38)33-17-10-15-31(27-33)32-16-11-18-34(28-32)46-48-45(37-20-4-7-24-40(37)50-46)39-21-6-9-26-44(39)54-48/h1-29H. The summed E-state index contributed by atoms with van der Waals surface area (Å²) in [5.74, 6) is 0.654. The predicted molar refractivity (Wildman–Crippen MR) is 219 cm³/mol.